The van der Waals surface area contributed by atoms with E-state index in [2.05, 4.69) is 23.1 Å². The summed E-state index contributed by atoms with van der Waals surface area (Å²) in [5.74, 6) is 2.36. The Kier molecular flexibility index (Phi) is 8.02. The quantitative estimate of drug-likeness (QED) is 0.817. The number of carbonyl (C=O) groups excluding carboxylic acids is 1. The zero-order chi connectivity index (χ0) is 17.4. The number of hydrogen-bond donors (Lipinski definition) is 1. The van der Waals surface area contributed by atoms with Crippen LogP contribution in [0.1, 0.15) is 63.4 Å². The molecule has 1 aliphatic heterocycles. The molecule has 27 heavy (non-hydrogen) atoms. The number of likely N-dealkylation sites (tertiary alicyclic amines) is 1. The smallest absolute Gasteiger partial charge is 0.225 e. The largest absolute Gasteiger partial charge is 0.342 e. The third kappa shape index (κ3) is 4.63. The van der Waals surface area contributed by atoms with Crippen LogP contribution in [-0.4, -0.2) is 39.7 Å². The summed E-state index contributed by atoms with van der Waals surface area (Å²) in [5, 5.41) is 4.40. The molecule has 154 valence electrons. The molecule has 2 heterocycles. The molecule has 7 heteroatoms. The van der Waals surface area contributed by atoms with Crippen LogP contribution in [0.25, 0.3) is 0 Å². The van der Waals surface area contributed by atoms with Crippen LogP contribution in [0.4, 0.5) is 0 Å². The molecule has 2 saturated carbocycles. The third-order valence-corrected chi connectivity index (χ3v) is 7.02. The summed E-state index contributed by atoms with van der Waals surface area (Å²) in [5.41, 5.74) is 7.73. The van der Waals surface area contributed by atoms with Crippen LogP contribution < -0.4 is 5.73 Å². The Balaban J connectivity index is 0.00000131. The van der Waals surface area contributed by atoms with Gasteiger partial charge < -0.3 is 10.6 Å². The molecule has 3 aliphatic rings. The lowest BCUT2D eigenvalue weighted by Crippen LogP contribution is -2.50. The van der Waals surface area contributed by atoms with Gasteiger partial charge in [-0.15, -0.1) is 24.8 Å². The fraction of sp³-hybridized carbons (Fsp3) is 0.800. The molecule has 3 fully saturated rings. The lowest BCUT2D eigenvalue weighted by Gasteiger charge is -2.45. The van der Waals surface area contributed by atoms with E-state index in [4.69, 9.17) is 5.73 Å². The number of amides is 1. The number of nitrogens with zero attached hydrogens (tertiary/aromatic N) is 3. The summed E-state index contributed by atoms with van der Waals surface area (Å²) in [7, 11) is 0. The molecule has 2 N–H and O–H groups in total. The van der Waals surface area contributed by atoms with E-state index in [0.717, 1.165) is 45.3 Å². The maximum Gasteiger partial charge on any atom is 0.225 e. The molecule has 1 amide bonds. The lowest BCUT2D eigenvalue weighted by molar-refractivity contribution is -0.139. The molecule has 5 nitrogen and oxygen atoms in total. The standard InChI is InChI=1S/C20H32N4O.2ClH/c1-2-24-13-18(12-22-24)14-6-8-23(9-7-14)20(25)17-10-15-4-3-5-16(11-17)19(15)21;;/h12-17,19H,2-11,21H2,1H3;2*1H. The van der Waals surface area contributed by atoms with Crippen molar-refractivity contribution in [1.82, 2.24) is 14.7 Å². The van der Waals surface area contributed by atoms with Gasteiger partial charge in [0.15, 0.2) is 0 Å². The molecule has 2 atom stereocenters. The molecule has 1 aromatic rings. The first-order valence-electron chi connectivity index (χ1n) is 10.2. The molecule has 0 radical (unpaired) electrons. The Morgan fingerprint density at radius 1 is 1.15 bits per heavy atom. The number of nitrogens with two attached hydrogens (primary N) is 1. The van der Waals surface area contributed by atoms with E-state index >= 15 is 0 Å². The number of fused-ring (bicyclic) bond motifs is 2. The van der Waals surface area contributed by atoms with E-state index in [1.165, 1.54) is 24.8 Å². The van der Waals surface area contributed by atoms with Gasteiger partial charge in [0.05, 0.1) is 6.20 Å². The normalized spacial score (nSPS) is 31.0. The van der Waals surface area contributed by atoms with Crippen molar-refractivity contribution >= 4 is 30.7 Å². The van der Waals surface area contributed by atoms with Crippen molar-refractivity contribution in [3.63, 3.8) is 0 Å². The fourth-order valence-corrected chi connectivity index (χ4v) is 5.45. The molecule has 2 bridgehead atoms. The Hall–Kier alpha value is -0.780. The van der Waals surface area contributed by atoms with Crippen molar-refractivity contribution in [1.29, 1.82) is 0 Å². The maximum absolute atomic E-state index is 13.1. The monoisotopic (exact) mass is 416 g/mol. The van der Waals surface area contributed by atoms with Gasteiger partial charge in [-0.1, -0.05) is 6.42 Å². The first-order valence-corrected chi connectivity index (χ1v) is 10.2. The summed E-state index contributed by atoms with van der Waals surface area (Å²) >= 11 is 0. The van der Waals surface area contributed by atoms with Gasteiger partial charge >= 0.3 is 0 Å². The van der Waals surface area contributed by atoms with Crippen LogP contribution >= 0.6 is 24.8 Å². The van der Waals surface area contributed by atoms with E-state index in [1.54, 1.807) is 0 Å². The number of rotatable bonds is 3. The molecule has 2 aliphatic carbocycles. The summed E-state index contributed by atoms with van der Waals surface area (Å²) in [6.45, 7) is 4.84. The van der Waals surface area contributed by atoms with Crippen LogP contribution in [0.3, 0.4) is 0 Å². The van der Waals surface area contributed by atoms with Crippen LogP contribution in [0.2, 0.25) is 0 Å². The van der Waals surface area contributed by atoms with Crippen molar-refractivity contribution in [2.24, 2.45) is 23.5 Å². The Morgan fingerprint density at radius 2 is 1.78 bits per heavy atom. The predicted octanol–water partition coefficient (Wildman–Crippen LogP) is 3.61. The van der Waals surface area contributed by atoms with Gasteiger partial charge in [-0.2, -0.15) is 5.10 Å². The molecule has 0 spiro atoms. The number of halogens is 2. The first-order chi connectivity index (χ1) is 12.2. The highest BCUT2D eigenvalue weighted by Gasteiger charge is 2.42. The number of hydrogen-bond acceptors (Lipinski definition) is 3. The number of piperidine rings is 1. The summed E-state index contributed by atoms with van der Waals surface area (Å²) in [4.78, 5) is 15.2. The van der Waals surface area contributed by atoms with Crippen molar-refractivity contribution < 1.29 is 4.79 Å². The van der Waals surface area contributed by atoms with Crippen molar-refractivity contribution in [2.45, 2.75) is 70.4 Å². The first kappa shape index (κ1) is 22.5. The zero-order valence-corrected chi connectivity index (χ0v) is 17.9. The molecule has 1 aromatic heterocycles. The van der Waals surface area contributed by atoms with Crippen LogP contribution in [0, 0.1) is 17.8 Å². The van der Waals surface area contributed by atoms with Gasteiger partial charge in [0.1, 0.15) is 0 Å². The number of carbonyl (C=O) groups is 1. The SMILES string of the molecule is CCn1cc(C2CCN(C(=O)C3CC4CCCC(C3)C4N)CC2)cn1.Cl.Cl. The molecule has 4 rings (SSSR count). The second kappa shape index (κ2) is 9.62. The highest BCUT2D eigenvalue weighted by molar-refractivity contribution is 5.85. The van der Waals surface area contributed by atoms with E-state index < -0.39 is 0 Å². The van der Waals surface area contributed by atoms with Gasteiger partial charge in [0.25, 0.3) is 0 Å². The van der Waals surface area contributed by atoms with E-state index in [9.17, 15) is 4.79 Å². The van der Waals surface area contributed by atoms with Crippen LogP contribution in [-0.2, 0) is 11.3 Å². The predicted molar refractivity (Wildman–Crippen MR) is 112 cm³/mol. The fourth-order valence-electron chi connectivity index (χ4n) is 5.45. The highest BCUT2D eigenvalue weighted by Crippen LogP contribution is 2.42. The average molecular weight is 417 g/mol. The minimum atomic E-state index is 0. The highest BCUT2D eigenvalue weighted by atomic mass is 35.5. The van der Waals surface area contributed by atoms with Gasteiger partial charge in [-0.05, 0) is 68.8 Å². The summed E-state index contributed by atoms with van der Waals surface area (Å²) in [6.07, 6.45) is 12.1. The Labute approximate surface area is 175 Å². The zero-order valence-electron chi connectivity index (χ0n) is 16.3. The summed E-state index contributed by atoms with van der Waals surface area (Å²) < 4.78 is 2.00. The van der Waals surface area contributed by atoms with Gasteiger partial charge in [-0.25, -0.2) is 0 Å². The minimum Gasteiger partial charge on any atom is -0.342 e. The molecular weight excluding hydrogens is 383 g/mol. The van der Waals surface area contributed by atoms with Gasteiger partial charge in [0.2, 0.25) is 5.91 Å². The topological polar surface area (TPSA) is 64.2 Å². The van der Waals surface area contributed by atoms with E-state index in [0.29, 0.717) is 29.7 Å². The van der Waals surface area contributed by atoms with Crippen LogP contribution in [0.15, 0.2) is 12.4 Å². The van der Waals surface area contributed by atoms with Gasteiger partial charge in [0, 0.05) is 37.8 Å². The second-order valence-corrected chi connectivity index (χ2v) is 8.43. The maximum atomic E-state index is 13.1. The van der Waals surface area contributed by atoms with Crippen molar-refractivity contribution in [3.8, 4) is 0 Å². The Morgan fingerprint density at radius 3 is 2.33 bits per heavy atom. The molecule has 2 unspecified atom stereocenters. The van der Waals surface area contributed by atoms with E-state index in [-0.39, 0.29) is 30.7 Å². The molecular formula is C20H34Cl2N4O. The average Bonchev–Trinajstić information content (AvgIpc) is 3.10. The lowest BCUT2D eigenvalue weighted by atomic mass is 9.65. The summed E-state index contributed by atoms with van der Waals surface area (Å²) in [6, 6.07) is 0.346. The van der Waals surface area contributed by atoms with Crippen molar-refractivity contribution in [2.75, 3.05) is 13.1 Å². The van der Waals surface area contributed by atoms with E-state index in [1.807, 2.05) is 10.9 Å². The second-order valence-electron chi connectivity index (χ2n) is 8.43. The minimum absolute atomic E-state index is 0. The van der Waals surface area contributed by atoms with Crippen molar-refractivity contribution in [3.05, 3.63) is 18.0 Å². The third-order valence-electron chi connectivity index (χ3n) is 7.02. The van der Waals surface area contributed by atoms with Crippen LogP contribution in [0.5, 0.6) is 0 Å². The van der Waals surface area contributed by atoms with Gasteiger partial charge in [-0.3, -0.25) is 9.48 Å². The number of aryl methyl sites for hydroxylation is 1. The number of aromatic nitrogens is 2. The molecule has 1 saturated heterocycles. The Bertz CT molecular complexity index is 601. The molecule has 0 aromatic carbocycles.